The Labute approximate surface area is 143 Å². The molecule has 112 valence electrons. The van der Waals surface area contributed by atoms with Crippen LogP contribution in [0.2, 0.25) is 0 Å². The number of guanidine groups is 1. The number of likely N-dealkylation sites (tertiary alicyclic amines) is 1. The molecular weight excluding hydrogens is 381 g/mol. The summed E-state index contributed by atoms with van der Waals surface area (Å²) in [5.74, 6) is 1.72. The van der Waals surface area contributed by atoms with Crippen molar-refractivity contribution >= 4 is 41.7 Å². The van der Waals surface area contributed by atoms with Crippen molar-refractivity contribution < 1.29 is 0 Å². The minimum atomic E-state index is 0. The normalized spacial score (nSPS) is 16.4. The summed E-state index contributed by atoms with van der Waals surface area (Å²) >= 11 is 1.83. The Morgan fingerprint density at radius 1 is 1.10 bits per heavy atom. The largest absolute Gasteiger partial charge is 0.370 e. The second-order valence-electron chi connectivity index (χ2n) is 4.80. The maximum absolute atomic E-state index is 6.06. The molecule has 1 aliphatic rings. The first kappa shape index (κ1) is 17.6. The van der Waals surface area contributed by atoms with Crippen molar-refractivity contribution in [2.24, 2.45) is 10.7 Å². The highest BCUT2D eigenvalue weighted by atomic mass is 127. The highest BCUT2D eigenvalue weighted by Crippen LogP contribution is 2.16. The van der Waals surface area contributed by atoms with Crippen molar-refractivity contribution in [3.8, 4) is 0 Å². The van der Waals surface area contributed by atoms with Gasteiger partial charge in [0.1, 0.15) is 0 Å². The molecule has 1 saturated heterocycles. The number of nitrogens with zero attached hydrogens (tertiary/aromatic N) is 2. The quantitative estimate of drug-likeness (QED) is 0.274. The molecule has 0 radical (unpaired) electrons. The molecule has 2 N–H and O–H groups in total. The smallest absolute Gasteiger partial charge is 0.191 e. The third-order valence-electron chi connectivity index (χ3n) is 3.31. The molecule has 0 aliphatic carbocycles. The summed E-state index contributed by atoms with van der Waals surface area (Å²) in [7, 11) is 0. The molecule has 0 unspecified atom stereocenters. The molecule has 0 spiro atoms. The van der Waals surface area contributed by atoms with Crippen LogP contribution in [0, 0.1) is 0 Å². The Kier molecular flexibility index (Phi) is 9.09. The van der Waals surface area contributed by atoms with E-state index in [-0.39, 0.29) is 24.0 Å². The number of benzene rings is 1. The van der Waals surface area contributed by atoms with Crippen LogP contribution < -0.4 is 5.73 Å². The highest BCUT2D eigenvalue weighted by molar-refractivity contribution is 14.0. The predicted molar refractivity (Wildman–Crippen MR) is 99.1 cm³/mol. The van der Waals surface area contributed by atoms with Gasteiger partial charge in [0.25, 0.3) is 0 Å². The van der Waals surface area contributed by atoms with E-state index in [0.717, 1.165) is 31.3 Å². The van der Waals surface area contributed by atoms with Crippen LogP contribution in [0.25, 0.3) is 0 Å². The zero-order chi connectivity index (χ0) is 13.3. The molecule has 1 heterocycles. The van der Waals surface area contributed by atoms with Crippen molar-refractivity contribution in [2.45, 2.75) is 30.6 Å². The summed E-state index contributed by atoms with van der Waals surface area (Å²) in [6, 6.07) is 10.4. The van der Waals surface area contributed by atoms with Crippen molar-refractivity contribution in [1.29, 1.82) is 0 Å². The highest BCUT2D eigenvalue weighted by Gasteiger charge is 2.10. The SMILES string of the molecule is I.NC(=NCCSc1ccccc1)N1CCCCCC1. The molecule has 20 heavy (non-hydrogen) atoms. The molecule has 0 aromatic heterocycles. The van der Waals surface area contributed by atoms with E-state index in [1.807, 2.05) is 17.8 Å². The second kappa shape index (κ2) is 10.3. The first-order valence-corrected chi connectivity index (χ1v) is 8.07. The Morgan fingerprint density at radius 2 is 1.75 bits per heavy atom. The Bertz CT molecular complexity index is 389. The van der Waals surface area contributed by atoms with Gasteiger partial charge < -0.3 is 10.6 Å². The van der Waals surface area contributed by atoms with E-state index in [9.17, 15) is 0 Å². The van der Waals surface area contributed by atoms with E-state index in [0.29, 0.717) is 0 Å². The fourth-order valence-electron chi connectivity index (χ4n) is 2.24. The van der Waals surface area contributed by atoms with Crippen LogP contribution in [0.5, 0.6) is 0 Å². The summed E-state index contributed by atoms with van der Waals surface area (Å²) in [6.07, 6.45) is 5.14. The molecule has 5 heteroatoms. The zero-order valence-corrected chi connectivity index (χ0v) is 15.0. The lowest BCUT2D eigenvalue weighted by molar-refractivity contribution is 0.429. The number of halogens is 1. The van der Waals surface area contributed by atoms with E-state index < -0.39 is 0 Å². The maximum Gasteiger partial charge on any atom is 0.191 e. The number of hydrogen-bond acceptors (Lipinski definition) is 2. The molecule has 0 atom stereocenters. The van der Waals surface area contributed by atoms with Gasteiger partial charge in [-0.1, -0.05) is 31.0 Å². The molecule has 1 aliphatic heterocycles. The molecule has 3 nitrogen and oxygen atoms in total. The number of nitrogens with two attached hydrogens (primary N) is 1. The van der Waals surface area contributed by atoms with E-state index in [4.69, 9.17) is 5.73 Å². The van der Waals surface area contributed by atoms with Crippen LogP contribution in [-0.2, 0) is 0 Å². The van der Waals surface area contributed by atoms with Crippen molar-refractivity contribution in [3.63, 3.8) is 0 Å². The molecule has 1 aromatic carbocycles. The van der Waals surface area contributed by atoms with E-state index >= 15 is 0 Å². The first-order chi connectivity index (χ1) is 9.36. The van der Waals surface area contributed by atoms with E-state index in [1.54, 1.807) is 0 Å². The number of hydrogen-bond donors (Lipinski definition) is 1. The van der Waals surface area contributed by atoms with Gasteiger partial charge >= 0.3 is 0 Å². The van der Waals surface area contributed by atoms with Gasteiger partial charge in [-0.25, -0.2) is 0 Å². The van der Waals surface area contributed by atoms with Crippen molar-refractivity contribution in [2.75, 3.05) is 25.4 Å². The Morgan fingerprint density at radius 3 is 2.40 bits per heavy atom. The van der Waals surface area contributed by atoms with Gasteiger partial charge in [0.2, 0.25) is 0 Å². The van der Waals surface area contributed by atoms with Crippen LogP contribution in [-0.4, -0.2) is 36.2 Å². The van der Waals surface area contributed by atoms with Gasteiger partial charge in [-0.2, -0.15) is 0 Å². The molecule has 0 saturated carbocycles. The molecule has 2 rings (SSSR count). The lowest BCUT2D eigenvalue weighted by atomic mass is 10.2. The zero-order valence-electron chi connectivity index (χ0n) is 11.8. The third-order valence-corrected chi connectivity index (χ3v) is 4.30. The number of thioether (sulfide) groups is 1. The lowest BCUT2D eigenvalue weighted by Gasteiger charge is -2.21. The summed E-state index contributed by atoms with van der Waals surface area (Å²) in [4.78, 5) is 8.04. The van der Waals surface area contributed by atoms with Gasteiger partial charge in [0.05, 0.1) is 6.54 Å². The van der Waals surface area contributed by atoms with Gasteiger partial charge in [-0.05, 0) is 25.0 Å². The third kappa shape index (κ3) is 6.35. The van der Waals surface area contributed by atoms with Gasteiger partial charge in [0, 0.05) is 23.7 Å². The maximum atomic E-state index is 6.06. The van der Waals surface area contributed by atoms with Crippen LogP contribution in [0.4, 0.5) is 0 Å². The first-order valence-electron chi connectivity index (χ1n) is 7.09. The van der Waals surface area contributed by atoms with E-state index in [2.05, 4.69) is 34.2 Å². The second-order valence-corrected chi connectivity index (χ2v) is 5.97. The Hall–Kier alpha value is -0.430. The topological polar surface area (TPSA) is 41.6 Å². The number of aliphatic imine (C=N–C) groups is 1. The van der Waals surface area contributed by atoms with Crippen LogP contribution in [0.1, 0.15) is 25.7 Å². The van der Waals surface area contributed by atoms with Crippen LogP contribution in [0.3, 0.4) is 0 Å². The standard InChI is InChI=1S/C15H23N3S.HI/c16-15(18-11-6-1-2-7-12-18)17-10-13-19-14-8-4-3-5-9-14;/h3-5,8-9H,1-2,6-7,10-13H2,(H2,16,17);1H. The van der Waals surface area contributed by atoms with Crippen LogP contribution >= 0.6 is 35.7 Å². The fraction of sp³-hybridized carbons (Fsp3) is 0.533. The van der Waals surface area contributed by atoms with Crippen LogP contribution in [0.15, 0.2) is 40.2 Å². The molecule has 0 bridgehead atoms. The minimum absolute atomic E-state index is 0. The number of rotatable bonds is 4. The van der Waals surface area contributed by atoms with Gasteiger partial charge in [-0.15, -0.1) is 35.7 Å². The molecule has 1 aromatic rings. The average molecular weight is 405 g/mol. The summed E-state index contributed by atoms with van der Waals surface area (Å²) < 4.78 is 0. The van der Waals surface area contributed by atoms with Gasteiger partial charge in [0.15, 0.2) is 5.96 Å². The molecular formula is C15H24IN3S. The lowest BCUT2D eigenvalue weighted by Crippen LogP contribution is -2.38. The fourth-order valence-corrected chi connectivity index (χ4v) is 3.01. The summed E-state index contributed by atoms with van der Waals surface area (Å²) in [5, 5.41) is 0. The molecule has 1 fully saturated rings. The molecule has 0 amide bonds. The minimum Gasteiger partial charge on any atom is -0.370 e. The monoisotopic (exact) mass is 405 g/mol. The van der Waals surface area contributed by atoms with E-state index in [1.165, 1.54) is 30.6 Å². The Balaban J connectivity index is 0.00000200. The average Bonchev–Trinajstić information content (AvgIpc) is 2.73. The van der Waals surface area contributed by atoms with Crippen molar-refractivity contribution in [1.82, 2.24) is 4.90 Å². The summed E-state index contributed by atoms with van der Waals surface area (Å²) in [6.45, 7) is 2.93. The van der Waals surface area contributed by atoms with Gasteiger partial charge in [-0.3, -0.25) is 4.99 Å². The predicted octanol–water partition coefficient (Wildman–Crippen LogP) is 3.59. The van der Waals surface area contributed by atoms with Crippen molar-refractivity contribution in [3.05, 3.63) is 30.3 Å². The summed E-state index contributed by atoms with van der Waals surface area (Å²) in [5.41, 5.74) is 6.06.